The third-order valence-corrected chi connectivity index (χ3v) is 5.58. The van der Waals surface area contributed by atoms with Crippen molar-refractivity contribution in [3.63, 3.8) is 0 Å². The second-order valence-electron chi connectivity index (χ2n) is 7.59. The molecule has 0 unspecified atom stereocenters. The van der Waals surface area contributed by atoms with Crippen molar-refractivity contribution in [1.82, 2.24) is 9.80 Å². The van der Waals surface area contributed by atoms with E-state index in [4.69, 9.17) is 0 Å². The maximum absolute atomic E-state index is 14.4. The fourth-order valence-electron chi connectivity index (χ4n) is 3.66. The number of hydrogen-bond acceptors (Lipinski definition) is 4. The Morgan fingerprint density at radius 2 is 1.61 bits per heavy atom. The molecule has 2 aromatic rings. The Balaban J connectivity index is 1.58. The van der Waals surface area contributed by atoms with E-state index in [2.05, 4.69) is 0 Å². The highest BCUT2D eigenvalue weighted by atomic mass is 19.1. The van der Waals surface area contributed by atoms with E-state index in [9.17, 15) is 22.8 Å². The molecule has 5 nitrogen and oxygen atoms in total. The van der Waals surface area contributed by atoms with Gasteiger partial charge in [0.1, 0.15) is 17.5 Å². The Morgan fingerprint density at radius 3 is 2.16 bits per heavy atom. The van der Waals surface area contributed by atoms with Crippen molar-refractivity contribution in [2.24, 2.45) is 0 Å². The lowest BCUT2D eigenvalue weighted by molar-refractivity contribution is -0.132. The molecule has 0 bridgehead atoms. The van der Waals surface area contributed by atoms with E-state index >= 15 is 0 Å². The minimum atomic E-state index is -0.627. The van der Waals surface area contributed by atoms with Crippen molar-refractivity contribution in [1.29, 1.82) is 0 Å². The van der Waals surface area contributed by atoms with Gasteiger partial charge in [0, 0.05) is 43.9 Å². The van der Waals surface area contributed by atoms with Gasteiger partial charge in [-0.25, -0.2) is 13.2 Å². The molecule has 1 aliphatic heterocycles. The van der Waals surface area contributed by atoms with Gasteiger partial charge in [-0.3, -0.25) is 14.5 Å². The Morgan fingerprint density at radius 1 is 0.968 bits per heavy atom. The number of amides is 1. The van der Waals surface area contributed by atoms with Crippen molar-refractivity contribution in [2.75, 3.05) is 44.2 Å². The van der Waals surface area contributed by atoms with Gasteiger partial charge in [-0.1, -0.05) is 13.0 Å². The smallest absolute Gasteiger partial charge is 0.236 e. The van der Waals surface area contributed by atoms with Crippen LogP contribution in [0.4, 0.5) is 18.9 Å². The second-order valence-corrected chi connectivity index (χ2v) is 7.59. The molecule has 8 heteroatoms. The first-order chi connectivity index (χ1) is 14.8. The fraction of sp³-hybridized carbons (Fsp3) is 0.391. The predicted octanol–water partition coefficient (Wildman–Crippen LogP) is 3.48. The molecule has 0 spiro atoms. The van der Waals surface area contributed by atoms with Crippen LogP contribution in [0, 0.1) is 17.5 Å². The quantitative estimate of drug-likeness (QED) is 0.628. The first-order valence-corrected chi connectivity index (χ1v) is 10.3. The maximum atomic E-state index is 14.4. The zero-order chi connectivity index (χ0) is 22.5. The monoisotopic (exact) mass is 433 g/mol. The molecule has 1 fully saturated rings. The van der Waals surface area contributed by atoms with E-state index in [1.165, 1.54) is 31.2 Å². The first-order valence-electron chi connectivity index (χ1n) is 10.3. The summed E-state index contributed by atoms with van der Waals surface area (Å²) in [7, 11) is 0. The summed E-state index contributed by atoms with van der Waals surface area (Å²) in [6, 6.07) is 8.14. The van der Waals surface area contributed by atoms with E-state index in [0.717, 1.165) is 0 Å². The summed E-state index contributed by atoms with van der Waals surface area (Å²) in [4.78, 5) is 29.3. The number of rotatable bonds is 7. The summed E-state index contributed by atoms with van der Waals surface area (Å²) in [5.41, 5.74) is 0.676. The molecule has 0 atom stereocenters. The van der Waals surface area contributed by atoms with E-state index in [-0.39, 0.29) is 30.3 Å². The van der Waals surface area contributed by atoms with E-state index in [1.54, 1.807) is 21.9 Å². The lowest BCUT2D eigenvalue weighted by atomic mass is 10.1. The third-order valence-electron chi connectivity index (χ3n) is 5.58. The molecule has 0 saturated carbocycles. The topological polar surface area (TPSA) is 43.9 Å². The molecule has 0 radical (unpaired) electrons. The normalized spacial score (nSPS) is 14.3. The number of halogens is 3. The van der Waals surface area contributed by atoms with Crippen molar-refractivity contribution in [3.8, 4) is 0 Å². The number of piperazine rings is 1. The van der Waals surface area contributed by atoms with Gasteiger partial charge >= 0.3 is 0 Å². The molecule has 31 heavy (non-hydrogen) atoms. The van der Waals surface area contributed by atoms with Gasteiger partial charge < -0.3 is 9.80 Å². The Hall–Kier alpha value is -2.87. The van der Waals surface area contributed by atoms with Crippen LogP contribution in [0.25, 0.3) is 0 Å². The zero-order valence-electron chi connectivity index (χ0n) is 17.7. The van der Waals surface area contributed by atoms with Crippen molar-refractivity contribution < 1.29 is 22.8 Å². The molecule has 1 heterocycles. The zero-order valence-corrected chi connectivity index (χ0v) is 17.7. The van der Waals surface area contributed by atoms with Crippen LogP contribution in [0.1, 0.15) is 29.8 Å². The Bertz CT molecular complexity index is 939. The van der Waals surface area contributed by atoms with Gasteiger partial charge in [-0.05, 0) is 43.8 Å². The van der Waals surface area contributed by atoms with Gasteiger partial charge in [0.2, 0.25) is 5.91 Å². The molecular weight excluding hydrogens is 407 g/mol. The molecule has 0 aliphatic carbocycles. The maximum Gasteiger partial charge on any atom is 0.236 e. The predicted molar refractivity (Wildman–Crippen MR) is 113 cm³/mol. The fourth-order valence-corrected chi connectivity index (χ4v) is 3.66. The van der Waals surface area contributed by atoms with Crippen LogP contribution in [-0.4, -0.2) is 60.8 Å². The summed E-state index contributed by atoms with van der Waals surface area (Å²) in [6.45, 7) is 5.48. The first kappa shape index (κ1) is 22.8. The molecule has 3 rings (SSSR count). The van der Waals surface area contributed by atoms with E-state index in [0.29, 0.717) is 44.0 Å². The lowest BCUT2D eigenvalue weighted by Gasteiger charge is -2.37. The van der Waals surface area contributed by atoms with Crippen LogP contribution < -0.4 is 4.90 Å². The number of nitrogens with zero attached hydrogens (tertiary/aromatic N) is 3. The highest BCUT2D eigenvalue weighted by molar-refractivity contribution is 5.94. The van der Waals surface area contributed by atoms with Gasteiger partial charge in [-0.2, -0.15) is 0 Å². The number of benzene rings is 2. The molecule has 0 N–H and O–H groups in total. The highest BCUT2D eigenvalue weighted by Crippen LogP contribution is 2.22. The Labute approximate surface area is 180 Å². The Kier molecular flexibility index (Phi) is 7.33. The number of Topliss-reactive ketones (excluding diaryl/α,β-unsaturated/α-hetero) is 1. The van der Waals surface area contributed by atoms with Crippen molar-refractivity contribution in [3.05, 3.63) is 65.0 Å². The summed E-state index contributed by atoms with van der Waals surface area (Å²) < 4.78 is 42.3. The number of hydrogen-bond donors (Lipinski definition) is 0. The largest absolute Gasteiger partial charge is 0.366 e. The minimum absolute atomic E-state index is 0.00835. The number of ketones is 1. The molecule has 166 valence electrons. The van der Waals surface area contributed by atoms with Crippen LogP contribution in [0.2, 0.25) is 0 Å². The number of carbonyl (C=O) groups excluding carboxylic acids is 2. The van der Waals surface area contributed by atoms with Crippen LogP contribution in [-0.2, 0) is 11.3 Å². The molecular formula is C23H26F3N3O2. The SMILES string of the molecule is CCN(CC(=O)N1CCN(c2ccc(C(C)=O)cc2F)CC1)Cc1c(F)cccc1F. The summed E-state index contributed by atoms with van der Waals surface area (Å²) in [6.07, 6.45) is 0. The number of anilines is 1. The van der Waals surface area contributed by atoms with Crippen LogP contribution >= 0.6 is 0 Å². The molecule has 1 aliphatic rings. The number of likely N-dealkylation sites (N-methyl/N-ethyl adjacent to an activating group) is 1. The van der Waals surface area contributed by atoms with Crippen LogP contribution in [0.5, 0.6) is 0 Å². The van der Waals surface area contributed by atoms with Gasteiger partial charge in [0.15, 0.2) is 5.78 Å². The standard InChI is InChI=1S/C23H26F3N3O2/c1-3-27(14-18-19(24)5-4-6-20(18)25)15-23(31)29-11-9-28(10-12-29)22-8-7-17(16(2)30)13-21(22)26/h4-8,13H,3,9-12,14-15H2,1-2H3. The minimum Gasteiger partial charge on any atom is -0.366 e. The average Bonchev–Trinajstić information content (AvgIpc) is 2.75. The van der Waals surface area contributed by atoms with Gasteiger partial charge in [-0.15, -0.1) is 0 Å². The lowest BCUT2D eigenvalue weighted by Crippen LogP contribution is -2.51. The van der Waals surface area contributed by atoms with E-state index in [1.807, 2.05) is 11.8 Å². The second kappa shape index (κ2) is 9.96. The van der Waals surface area contributed by atoms with Crippen molar-refractivity contribution in [2.45, 2.75) is 20.4 Å². The molecule has 1 saturated heterocycles. The molecule has 0 aromatic heterocycles. The summed E-state index contributed by atoms with van der Waals surface area (Å²) >= 11 is 0. The van der Waals surface area contributed by atoms with E-state index < -0.39 is 17.5 Å². The molecule has 2 aromatic carbocycles. The van der Waals surface area contributed by atoms with Crippen LogP contribution in [0.3, 0.4) is 0 Å². The average molecular weight is 433 g/mol. The van der Waals surface area contributed by atoms with Gasteiger partial charge in [0.05, 0.1) is 12.2 Å². The van der Waals surface area contributed by atoms with Crippen LogP contribution in [0.15, 0.2) is 36.4 Å². The number of carbonyl (C=O) groups is 2. The molecule has 1 amide bonds. The summed E-state index contributed by atoms with van der Waals surface area (Å²) in [5.74, 6) is -2.05. The third kappa shape index (κ3) is 5.44. The summed E-state index contributed by atoms with van der Waals surface area (Å²) in [5, 5.41) is 0. The van der Waals surface area contributed by atoms with Crippen molar-refractivity contribution >= 4 is 17.4 Å². The van der Waals surface area contributed by atoms with Gasteiger partial charge in [0.25, 0.3) is 0 Å². The highest BCUT2D eigenvalue weighted by Gasteiger charge is 2.25.